The fraction of sp³-hybridized carbons (Fsp3) is 0.500. The molecule has 2 aromatic rings. The van der Waals surface area contributed by atoms with Crippen LogP contribution < -0.4 is 15.4 Å². The number of halogens is 2. The minimum Gasteiger partial charge on any atom is -0.451 e. The second-order valence-corrected chi connectivity index (χ2v) is 8.66. The molecule has 2 fully saturated rings. The fourth-order valence-corrected chi connectivity index (χ4v) is 4.62. The summed E-state index contributed by atoms with van der Waals surface area (Å²) >= 11 is 0. The van der Waals surface area contributed by atoms with Gasteiger partial charge >= 0.3 is 0 Å². The first-order valence-electron chi connectivity index (χ1n) is 10.4. The van der Waals surface area contributed by atoms with Crippen molar-refractivity contribution in [1.82, 2.24) is 14.9 Å². The SMILES string of the molecule is CCN(C(=O)c1cc(F)ccc1Oc1cncnc1N1CC2(CC(N)C2)C1)C(C)C.Cl. The first kappa shape index (κ1) is 23.2. The van der Waals surface area contributed by atoms with E-state index in [0.29, 0.717) is 24.2 Å². The van der Waals surface area contributed by atoms with Crippen molar-refractivity contribution in [3.05, 3.63) is 42.1 Å². The van der Waals surface area contributed by atoms with Gasteiger partial charge in [-0.3, -0.25) is 4.79 Å². The largest absolute Gasteiger partial charge is 0.451 e. The number of carbonyl (C=O) groups excluding carboxylic acids is 1. The molecule has 0 bridgehead atoms. The molecule has 0 unspecified atom stereocenters. The Morgan fingerprint density at radius 3 is 2.68 bits per heavy atom. The lowest BCUT2D eigenvalue weighted by molar-refractivity contribution is 0.0655. The molecule has 9 heteroatoms. The van der Waals surface area contributed by atoms with Crippen molar-refractivity contribution >= 4 is 24.1 Å². The summed E-state index contributed by atoms with van der Waals surface area (Å²) in [5.74, 6) is 0.657. The van der Waals surface area contributed by atoms with Crippen LogP contribution in [0, 0.1) is 11.2 Å². The van der Waals surface area contributed by atoms with Crippen LogP contribution in [-0.4, -0.2) is 52.5 Å². The Labute approximate surface area is 188 Å². The van der Waals surface area contributed by atoms with Crippen LogP contribution in [0.4, 0.5) is 10.2 Å². The van der Waals surface area contributed by atoms with Crippen molar-refractivity contribution in [3.8, 4) is 11.5 Å². The van der Waals surface area contributed by atoms with Crippen molar-refractivity contribution in [2.75, 3.05) is 24.5 Å². The Hall–Kier alpha value is -2.45. The number of hydrogen-bond donors (Lipinski definition) is 1. The minimum absolute atomic E-state index is 0. The molecule has 1 spiro atoms. The molecular weight excluding hydrogens is 421 g/mol. The van der Waals surface area contributed by atoms with Gasteiger partial charge in [-0.1, -0.05) is 0 Å². The van der Waals surface area contributed by atoms with Gasteiger partial charge in [-0.15, -0.1) is 12.4 Å². The van der Waals surface area contributed by atoms with Crippen molar-refractivity contribution in [2.45, 2.75) is 45.7 Å². The first-order chi connectivity index (χ1) is 14.3. The maximum Gasteiger partial charge on any atom is 0.257 e. The van der Waals surface area contributed by atoms with Crippen LogP contribution in [0.2, 0.25) is 0 Å². The molecule has 0 atom stereocenters. The van der Waals surface area contributed by atoms with Crippen molar-refractivity contribution < 1.29 is 13.9 Å². The number of rotatable bonds is 6. The summed E-state index contributed by atoms with van der Waals surface area (Å²) in [5.41, 5.74) is 6.43. The van der Waals surface area contributed by atoms with Gasteiger partial charge in [0.05, 0.1) is 11.8 Å². The molecule has 2 aliphatic rings. The highest BCUT2D eigenvalue weighted by atomic mass is 35.5. The summed E-state index contributed by atoms with van der Waals surface area (Å²) in [4.78, 5) is 25.3. The molecule has 1 aliphatic heterocycles. The zero-order valence-corrected chi connectivity index (χ0v) is 18.9. The topological polar surface area (TPSA) is 84.6 Å². The Morgan fingerprint density at radius 2 is 2.06 bits per heavy atom. The monoisotopic (exact) mass is 449 g/mol. The van der Waals surface area contributed by atoms with Gasteiger partial charge in [0.25, 0.3) is 5.91 Å². The number of aromatic nitrogens is 2. The minimum atomic E-state index is -0.485. The van der Waals surface area contributed by atoms with E-state index >= 15 is 0 Å². The van der Waals surface area contributed by atoms with Gasteiger partial charge in [0, 0.05) is 37.1 Å². The quantitative estimate of drug-likeness (QED) is 0.724. The van der Waals surface area contributed by atoms with Gasteiger partial charge in [0.15, 0.2) is 11.6 Å². The van der Waals surface area contributed by atoms with E-state index in [0.717, 1.165) is 25.9 Å². The Bertz CT molecular complexity index is 943. The molecule has 1 saturated heterocycles. The predicted molar refractivity (Wildman–Crippen MR) is 119 cm³/mol. The van der Waals surface area contributed by atoms with E-state index in [1.165, 1.54) is 24.5 Å². The standard InChI is InChI=1S/C22H28FN5O2.ClH/c1-4-28(14(2)3)21(29)17-7-15(23)5-6-18(17)30-19-10-25-13-26-20(19)27-11-22(12-27)8-16(24)9-22;/h5-7,10,13-14,16H,4,8-9,11-12,24H2,1-3H3;1H. The number of carbonyl (C=O) groups is 1. The Balaban J connectivity index is 0.00000272. The van der Waals surface area contributed by atoms with E-state index in [2.05, 4.69) is 14.9 Å². The second-order valence-electron chi connectivity index (χ2n) is 8.66. The molecule has 0 radical (unpaired) electrons. The van der Waals surface area contributed by atoms with E-state index in [9.17, 15) is 9.18 Å². The molecule has 168 valence electrons. The van der Waals surface area contributed by atoms with Crippen LogP contribution in [0.1, 0.15) is 44.0 Å². The highest BCUT2D eigenvalue weighted by Gasteiger charge is 2.52. The first-order valence-corrected chi connectivity index (χ1v) is 10.4. The number of benzene rings is 1. The number of amides is 1. The number of ether oxygens (including phenoxy) is 1. The van der Waals surface area contributed by atoms with Crippen molar-refractivity contribution in [3.63, 3.8) is 0 Å². The second kappa shape index (κ2) is 8.96. The number of anilines is 1. The van der Waals surface area contributed by atoms with Crippen LogP contribution in [0.25, 0.3) is 0 Å². The van der Waals surface area contributed by atoms with Crippen LogP contribution in [0.3, 0.4) is 0 Å². The maximum atomic E-state index is 14.0. The third-order valence-corrected chi connectivity index (χ3v) is 6.02. The summed E-state index contributed by atoms with van der Waals surface area (Å²) in [5, 5.41) is 0. The van der Waals surface area contributed by atoms with E-state index < -0.39 is 5.82 Å². The summed E-state index contributed by atoms with van der Waals surface area (Å²) in [6, 6.07) is 4.27. The summed E-state index contributed by atoms with van der Waals surface area (Å²) in [6.07, 6.45) is 5.12. The molecule has 1 aromatic carbocycles. The predicted octanol–water partition coefficient (Wildman–Crippen LogP) is 3.63. The Kier molecular flexibility index (Phi) is 6.71. The summed E-state index contributed by atoms with van der Waals surface area (Å²) in [7, 11) is 0. The normalized spacial score (nSPS) is 17.0. The van der Waals surface area contributed by atoms with E-state index in [-0.39, 0.29) is 41.1 Å². The fourth-order valence-electron chi connectivity index (χ4n) is 4.62. The summed E-state index contributed by atoms with van der Waals surface area (Å²) in [6.45, 7) is 8.02. The molecule has 1 aliphatic carbocycles. The van der Waals surface area contributed by atoms with Gasteiger partial charge in [-0.25, -0.2) is 14.4 Å². The van der Waals surface area contributed by atoms with Gasteiger partial charge in [0.1, 0.15) is 17.9 Å². The van der Waals surface area contributed by atoms with E-state index in [1.54, 1.807) is 11.1 Å². The van der Waals surface area contributed by atoms with Crippen LogP contribution >= 0.6 is 12.4 Å². The number of nitrogens with two attached hydrogens (primary N) is 1. The number of nitrogens with zero attached hydrogens (tertiary/aromatic N) is 4. The lowest BCUT2D eigenvalue weighted by Gasteiger charge is -2.58. The smallest absolute Gasteiger partial charge is 0.257 e. The van der Waals surface area contributed by atoms with Gasteiger partial charge in [0.2, 0.25) is 0 Å². The average molecular weight is 450 g/mol. The molecular formula is C22H29ClFN5O2. The third-order valence-electron chi connectivity index (χ3n) is 6.02. The molecule has 7 nitrogen and oxygen atoms in total. The molecule has 1 saturated carbocycles. The zero-order valence-electron chi connectivity index (χ0n) is 18.0. The van der Waals surface area contributed by atoms with Crippen molar-refractivity contribution in [1.29, 1.82) is 0 Å². The van der Waals surface area contributed by atoms with Crippen LogP contribution in [0.5, 0.6) is 11.5 Å². The van der Waals surface area contributed by atoms with Crippen molar-refractivity contribution in [2.24, 2.45) is 11.1 Å². The highest BCUT2D eigenvalue weighted by molar-refractivity contribution is 5.97. The van der Waals surface area contributed by atoms with Gasteiger partial charge in [-0.05, 0) is 51.8 Å². The molecule has 31 heavy (non-hydrogen) atoms. The zero-order chi connectivity index (χ0) is 21.5. The summed E-state index contributed by atoms with van der Waals surface area (Å²) < 4.78 is 20.1. The van der Waals surface area contributed by atoms with Crippen LogP contribution in [-0.2, 0) is 0 Å². The molecule has 1 aromatic heterocycles. The molecule has 2 heterocycles. The molecule has 2 N–H and O–H groups in total. The number of hydrogen-bond acceptors (Lipinski definition) is 6. The van der Waals surface area contributed by atoms with Crippen LogP contribution in [0.15, 0.2) is 30.7 Å². The highest BCUT2D eigenvalue weighted by Crippen LogP contribution is 2.50. The van der Waals surface area contributed by atoms with E-state index in [4.69, 9.17) is 10.5 Å². The maximum absolute atomic E-state index is 14.0. The molecule has 1 amide bonds. The van der Waals surface area contributed by atoms with E-state index in [1.807, 2.05) is 20.8 Å². The van der Waals surface area contributed by atoms with Gasteiger partial charge in [-0.2, -0.15) is 0 Å². The molecule has 4 rings (SSSR count). The van der Waals surface area contributed by atoms with Gasteiger partial charge < -0.3 is 20.3 Å². The lowest BCUT2D eigenvalue weighted by Crippen LogP contribution is -2.65. The lowest BCUT2D eigenvalue weighted by atomic mass is 9.61. The average Bonchev–Trinajstić information content (AvgIpc) is 2.65. The Morgan fingerprint density at radius 1 is 1.35 bits per heavy atom. The third kappa shape index (κ3) is 4.45.